The van der Waals surface area contributed by atoms with Crippen molar-refractivity contribution >= 4 is 85.1 Å². The fraction of sp³-hybridized carbons (Fsp3) is 0.0833. The van der Waals surface area contributed by atoms with Gasteiger partial charge in [-0.15, -0.1) is 0 Å². The molecule has 13 heteroatoms. The first-order chi connectivity index (χ1) is 17.4. The monoisotopic (exact) mass is 730 g/mol. The Morgan fingerprint density at radius 2 is 1.65 bits per heavy atom. The number of hydrogen-bond acceptors (Lipinski definition) is 3. The number of nitrogens with zero attached hydrogens (tertiary/aromatic N) is 2. The lowest BCUT2D eigenvalue weighted by molar-refractivity contribution is -0.114. The Balaban J connectivity index is 1.63. The average Bonchev–Trinajstić information content (AvgIpc) is 3.10. The van der Waals surface area contributed by atoms with E-state index in [1.807, 2.05) is 22.6 Å². The second-order valence-electron chi connectivity index (χ2n) is 7.62. The van der Waals surface area contributed by atoms with Crippen molar-refractivity contribution in [3.63, 3.8) is 0 Å². The first kappa shape index (κ1) is 27.8. The third kappa shape index (κ3) is 5.36. The molecule has 0 radical (unpaired) electrons. The zero-order valence-electron chi connectivity index (χ0n) is 18.3. The minimum atomic E-state index is -2.33. The lowest BCUT2D eigenvalue weighted by Gasteiger charge is -2.15. The number of hydrazone groups is 1. The molecule has 0 bridgehead atoms. The lowest BCUT2D eigenvalue weighted by Crippen LogP contribution is -2.25. The van der Waals surface area contributed by atoms with Crippen LogP contribution in [0.4, 0.5) is 27.6 Å². The molecular weight excluding hydrogens is 721 g/mol. The first-order valence-corrected chi connectivity index (χ1v) is 12.7. The van der Waals surface area contributed by atoms with Gasteiger partial charge < -0.3 is 4.74 Å². The molecule has 0 aliphatic carbocycles. The Morgan fingerprint density at radius 3 is 2.24 bits per heavy atom. The molecule has 0 unspecified atom stereocenters. The molecule has 1 heterocycles. The number of halogens is 9. The van der Waals surface area contributed by atoms with E-state index < -0.39 is 40.7 Å². The summed E-state index contributed by atoms with van der Waals surface area (Å²) in [7, 11) is 0. The molecule has 0 fully saturated rings. The van der Waals surface area contributed by atoms with E-state index in [0.29, 0.717) is 35.0 Å². The Hall–Kier alpha value is -2.22. The standard InChI is InChI=1S/C24H11BrCl2F5IN2O2/c1-9-13(24(36)35(34-9)22-20(31)18(29)17(28)19(30)21(22)32)4-10-5-14(25)23(16(33)6-10)37-8-11-2-3-12(26)7-15(11)27/h2-7H,8H2,1H3/b13-4+. The SMILES string of the molecule is CC1=NN(c2c(F)c(F)c(F)c(F)c2F)C(=O)/C1=C/c1cc(Br)c(OCc2ccc(Cl)cc2Cl)c(I)c1. The van der Waals surface area contributed by atoms with Gasteiger partial charge in [-0.3, -0.25) is 4.79 Å². The second-order valence-corrected chi connectivity index (χ2v) is 10.5. The number of ether oxygens (including phenoxy) is 1. The first-order valence-electron chi connectivity index (χ1n) is 10.1. The van der Waals surface area contributed by atoms with Gasteiger partial charge in [0.15, 0.2) is 23.3 Å². The number of carbonyl (C=O) groups is 1. The Kier molecular flexibility index (Phi) is 8.17. The van der Waals surface area contributed by atoms with E-state index in [1.165, 1.54) is 13.0 Å². The number of anilines is 1. The van der Waals surface area contributed by atoms with Crippen molar-refractivity contribution in [3.8, 4) is 5.75 Å². The number of rotatable bonds is 5. The van der Waals surface area contributed by atoms with Crippen molar-refractivity contribution in [2.45, 2.75) is 13.5 Å². The van der Waals surface area contributed by atoms with Gasteiger partial charge in [0.05, 0.1) is 19.3 Å². The van der Waals surface area contributed by atoms with E-state index in [4.69, 9.17) is 27.9 Å². The van der Waals surface area contributed by atoms with Gasteiger partial charge in [0.1, 0.15) is 18.0 Å². The van der Waals surface area contributed by atoms with Crippen LogP contribution in [0.1, 0.15) is 18.1 Å². The second kappa shape index (κ2) is 10.9. The topological polar surface area (TPSA) is 41.9 Å². The third-order valence-corrected chi connectivity index (χ3v) is 7.16. The number of hydrogen-bond donors (Lipinski definition) is 0. The molecule has 0 atom stereocenters. The predicted octanol–water partition coefficient (Wildman–Crippen LogP) is 8.44. The van der Waals surface area contributed by atoms with Crippen LogP contribution in [0.5, 0.6) is 5.75 Å². The largest absolute Gasteiger partial charge is 0.487 e. The van der Waals surface area contributed by atoms with Gasteiger partial charge in [-0.1, -0.05) is 29.3 Å². The van der Waals surface area contributed by atoms with Crippen molar-refractivity contribution in [3.05, 3.63) is 94.2 Å². The summed E-state index contributed by atoms with van der Waals surface area (Å²) in [5.41, 5.74) is -0.363. The van der Waals surface area contributed by atoms with Crippen molar-refractivity contribution in [2.24, 2.45) is 5.10 Å². The maximum absolute atomic E-state index is 14.3. The van der Waals surface area contributed by atoms with Crippen molar-refractivity contribution in [2.75, 3.05) is 5.01 Å². The van der Waals surface area contributed by atoms with Crippen molar-refractivity contribution < 1.29 is 31.5 Å². The number of amides is 1. The van der Waals surface area contributed by atoms with Crippen LogP contribution in [0.3, 0.4) is 0 Å². The van der Waals surface area contributed by atoms with Crippen LogP contribution in [0.15, 0.2) is 45.5 Å². The minimum absolute atomic E-state index is 0.0118. The smallest absolute Gasteiger partial charge is 0.280 e. The maximum atomic E-state index is 14.3. The molecule has 37 heavy (non-hydrogen) atoms. The highest BCUT2D eigenvalue weighted by molar-refractivity contribution is 14.1. The van der Waals surface area contributed by atoms with E-state index in [-0.39, 0.29) is 22.9 Å². The number of benzene rings is 3. The molecule has 3 aromatic rings. The van der Waals surface area contributed by atoms with E-state index in [1.54, 1.807) is 30.3 Å². The Bertz CT molecular complexity index is 1480. The molecule has 1 amide bonds. The molecule has 4 nitrogen and oxygen atoms in total. The van der Waals surface area contributed by atoms with Gasteiger partial charge in [0.2, 0.25) is 5.82 Å². The fourth-order valence-corrected chi connectivity index (χ4v) is 5.60. The molecule has 4 rings (SSSR count). The van der Waals surface area contributed by atoms with Gasteiger partial charge in [-0.05, 0) is 81.3 Å². The molecule has 0 N–H and O–H groups in total. The minimum Gasteiger partial charge on any atom is -0.487 e. The summed E-state index contributed by atoms with van der Waals surface area (Å²) < 4.78 is 76.3. The highest BCUT2D eigenvalue weighted by Crippen LogP contribution is 2.36. The summed E-state index contributed by atoms with van der Waals surface area (Å²) in [6.07, 6.45) is 1.37. The molecule has 192 valence electrons. The quantitative estimate of drug-likeness (QED) is 0.0870. The molecule has 1 aliphatic rings. The molecular formula is C24H11BrCl2F5IN2O2. The summed E-state index contributed by atoms with van der Waals surface area (Å²) in [5, 5.41) is 4.81. The van der Waals surface area contributed by atoms with E-state index in [0.717, 1.165) is 0 Å². The number of carbonyl (C=O) groups excluding carboxylic acids is 1. The van der Waals surface area contributed by atoms with Crippen LogP contribution in [0.2, 0.25) is 10.0 Å². The zero-order valence-corrected chi connectivity index (χ0v) is 23.5. The normalized spacial score (nSPS) is 14.5. The summed E-state index contributed by atoms with van der Waals surface area (Å²) in [6.45, 7) is 1.51. The summed E-state index contributed by atoms with van der Waals surface area (Å²) in [6, 6.07) is 8.29. The van der Waals surface area contributed by atoms with Crippen LogP contribution in [0.25, 0.3) is 6.08 Å². The zero-order chi connectivity index (χ0) is 27.2. The molecule has 3 aromatic carbocycles. The van der Waals surface area contributed by atoms with E-state index in [9.17, 15) is 26.7 Å². The van der Waals surface area contributed by atoms with Gasteiger partial charge in [-0.25, -0.2) is 22.0 Å². The molecule has 0 saturated heterocycles. The van der Waals surface area contributed by atoms with E-state index >= 15 is 0 Å². The van der Waals surface area contributed by atoms with E-state index in [2.05, 4.69) is 21.0 Å². The molecule has 0 saturated carbocycles. The predicted molar refractivity (Wildman–Crippen MR) is 142 cm³/mol. The van der Waals surface area contributed by atoms with Crippen LogP contribution >= 0.6 is 61.7 Å². The Morgan fingerprint density at radius 1 is 1.03 bits per heavy atom. The van der Waals surface area contributed by atoms with Gasteiger partial charge in [-0.2, -0.15) is 10.1 Å². The third-order valence-electron chi connectivity index (χ3n) is 5.18. The summed E-state index contributed by atoms with van der Waals surface area (Å²) >= 11 is 17.5. The molecule has 0 aromatic heterocycles. The molecule has 0 spiro atoms. The van der Waals surface area contributed by atoms with Gasteiger partial charge in [0, 0.05) is 15.6 Å². The highest BCUT2D eigenvalue weighted by atomic mass is 127. The van der Waals surface area contributed by atoms with Crippen LogP contribution < -0.4 is 9.75 Å². The Labute approximate surface area is 239 Å². The summed E-state index contributed by atoms with van der Waals surface area (Å²) in [4.78, 5) is 12.9. The lowest BCUT2D eigenvalue weighted by atomic mass is 10.1. The van der Waals surface area contributed by atoms with Crippen LogP contribution in [-0.2, 0) is 11.4 Å². The van der Waals surface area contributed by atoms with Crippen LogP contribution in [0, 0.1) is 32.7 Å². The highest BCUT2D eigenvalue weighted by Gasteiger charge is 2.37. The average molecular weight is 732 g/mol. The fourth-order valence-electron chi connectivity index (χ4n) is 3.37. The van der Waals surface area contributed by atoms with Gasteiger partial charge in [0.25, 0.3) is 5.91 Å². The van der Waals surface area contributed by atoms with Crippen LogP contribution in [-0.4, -0.2) is 11.6 Å². The van der Waals surface area contributed by atoms with Gasteiger partial charge >= 0.3 is 0 Å². The maximum Gasteiger partial charge on any atom is 0.280 e. The summed E-state index contributed by atoms with van der Waals surface area (Å²) in [5.74, 6) is -11.6. The molecule has 1 aliphatic heterocycles. The van der Waals surface area contributed by atoms with Crippen molar-refractivity contribution in [1.29, 1.82) is 0 Å². The van der Waals surface area contributed by atoms with Crippen molar-refractivity contribution in [1.82, 2.24) is 0 Å².